The van der Waals surface area contributed by atoms with Crippen molar-refractivity contribution in [1.82, 2.24) is 24.8 Å². The molecular weight excluding hydrogens is 268 g/mol. The highest BCUT2D eigenvalue weighted by molar-refractivity contribution is 5.82. The van der Waals surface area contributed by atoms with Crippen LogP contribution in [-0.4, -0.2) is 70.8 Å². The molecule has 0 unspecified atom stereocenters. The summed E-state index contributed by atoms with van der Waals surface area (Å²) in [5, 5.41) is 0. The first-order valence-electron chi connectivity index (χ1n) is 7.59. The molecule has 2 aromatic rings. The zero-order valence-corrected chi connectivity index (χ0v) is 12.0. The maximum Gasteiger partial charge on any atom is 0.182 e. The number of piperazine rings is 1. The molecule has 7 heteroatoms. The summed E-state index contributed by atoms with van der Waals surface area (Å²) in [7, 11) is 0. The van der Waals surface area contributed by atoms with Gasteiger partial charge in [0.2, 0.25) is 0 Å². The van der Waals surface area contributed by atoms with Crippen molar-refractivity contribution in [3.05, 3.63) is 12.7 Å². The largest absolute Gasteiger partial charge is 0.381 e. The fraction of sp³-hybridized carbons (Fsp3) is 0.643. The van der Waals surface area contributed by atoms with Crippen molar-refractivity contribution >= 4 is 17.0 Å². The lowest BCUT2D eigenvalue weighted by Crippen LogP contribution is -2.48. The van der Waals surface area contributed by atoms with Crippen LogP contribution in [0.15, 0.2) is 12.7 Å². The summed E-state index contributed by atoms with van der Waals surface area (Å²) in [6, 6.07) is 0. The molecular formula is C14H20N6O. The minimum absolute atomic E-state index is 0.718. The van der Waals surface area contributed by atoms with Crippen LogP contribution < -0.4 is 4.90 Å². The molecule has 1 atom stereocenters. The van der Waals surface area contributed by atoms with E-state index in [-0.39, 0.29) is 0 Å². The molecule has 0 bridgehead atoms. The highest BCUT2D eigenvalue weighted by Crippen LogP contribution is 2.21. The van der Waals surface area contributed by atoms with Crippen molar-refractivity contribution in [2.24, 2.45) is 5.92 Å². The van der Waals surface area contributed by atoms with Gasteiger partial charge in [-0.15, -0.1) is 0 Å². The summed E-state index contributed by atoms with van der Waals surface area (Å²) in [6.07, 6.45) is 4.49. The van der Waals surface area contributed by atoms with Gasteiger partial charge in [-0.05, 0) is 12.3 Å². The van der Waals surface area contributed by atoms with Gasteiger partial charge < -0.3 is 14.6 Å². The molecule has 4 heterocycles. The smallest absolute Gasteiger partial charge is 0.182 e. The number of hydrogen-bond donors (Lipinski definition) is 1. The van der Waals surface area contributed by atoms with E-state index >= 15 is 0 Å². The Morgan fingerprint density at radius 2 is 2.10 bits per heavy atom. The molecule has 7 nitrogen and oxygen atoms in total. The van der Waals surface area contributed by atoms with Gasteiger partial charge in [-0.2, -0.15) is 0 Å². The Balaban J connectivity index is 1.41. The van der Waals surface area contributed by atoms with Crippen LogP contribution in [0.3, 0.4) is 0 Å². The van der Waals surface area contributed by atoms with Gasteiger partial charge in [0.05, 0.1) is 12.9 Å². The first-order chi connectivity index (χ1) is 10.4. The SMILES string of the molecule is c1nc(N2CCN(C[C@H]3CCOC3)CC2)c2[nH]cnc2n1. The fourth-order valence-electron chi connectivity index (χ4n) is 3.23. The van der Waals surface area contributed by atoms with Crippen molar-refractivity contribution in [3.63, 3.8) is 0 Å². The fourth-order valence-corrected chi connectivity index (χ4v) is 3.23. The Bertz CT molecular complexity index is 600. The molecule has 21 heavy (non-hydrogen) atoms. The number of imidazole rings is 1. The van der Waals surface area contributed by atoms with E-state index in [1.807, 2.05) is 0 Å². The number of nitrogens with one attached hydrogen (secondary N) is 1. The highest BCUT2D eigenvalue weighted by atomic mass is 16.5. The molecule has 0 radical (unpaired) electrons. The zero-order chi connectivity index (χ0) is 14.1. The Morgan fingerprint density at radius 3 is 2.90 bits per heavy atom. The molecule has 2 aromatic heterocycles. The van der Waals surface area contributed by atoms with Gasteiger partial charge in [-0.1, -0.05) is 0 Å². The minimum atomic E-state index is 0.718. The molecule has 0 aliphatic carbocycles. The van der Waals surface area contributed by atoms with Crippen LogP contribution in [0.5, 0.6) is 0 Å². The van der Waals surface area contributed by atoms with Gasteiger partial charge in [-0.3, -0.25) is 4.90 Å². The standard InChI is InChI=1S/C14H20N6O/c1-6-21-8-11(1)7-19-2-4-20(5-3-19)14-12-13(16-9-15-12)17-10-18-14/h9-11H,1-8H2,(H,15,16,17,18)/t11-/m1/s1. The van der Waals surface area contributed by atoms with E-state index in [9.17, 15) is 0 Å². The molecule has 2 aliphatic heterocycles. The van der Waals surface area contributed by atoms with E-state index in [2.05, 4.69) is 29.7 Å². The molecule has 0 amide bonds. The third kappa shape index (κ3) is 2.58. The van der Waals surface area contributed by atoms with E-state index in [0.29, 0.717) is 0 Å². The number of hydrogen-bond acceptors (Lipinski definition) is 6. The average Bonchev–Trinajstić information content (AvgIpc) is 3.18. The normalized spacial score (nSPS) is 24.0. The maximum absolute atomic E-state index is 5.46. The van der Waals surface area contributed by atoms with Crippen LogP contribution in [0.4, 0.5) is 5.82 Å². The Hall–Kier alpha value is -1.73. The van der Waals surface area contributed by atoms with Gasteiger partial charge in [0, 0.05) is 39.3 Å². The monoisotopic (exact) mass is 288 g/mol. The number of anilines is 1. The summed E-state index contributed by atoms with van der Waals surface area (Å²) in [5.41, 5.74) is 1.68. The number of nitrogens with zero attached hydrogens (tertiary/aromatic N) is 5. The summed E-state index contributed by atoms with van der Waals surface area (Å²) in [5.74, 6) is 1.69. The molecule has 2 fully saturated rings. The average molecular weight is 288 g/mol. The minimum Gasteiger partial charge on any atom is -0.381 e. The number of ether oxygens (including phenoxy) is 1. The second kappa shape index (κ2) is 5.57. The first-order valence-corrected chi connectivity index (χ1v) is 7.59. The number of H-pyrrole nitrogens is 1. The molecule has 1 N–H and O–H groups in total. The van der Waals surface area contributed by atoms with E-state index in [4.69, 9.17) is 4.74 Å². The zero-order valence-electron chi connectivity index (χ0n) is 12.0. The van der Waals surface area contributed by atoms with E-state index in [0.717, 1.165) is 68.8 Å². The lowest BCUT2D eigenvalue weighted by atomic mass is 10.1. The van der Waals surface area contributed by atoms with Crippen molar-refractivity contribution in [2.45, 2.75) is 6.42 Å². The maximum atomic E-state index is 5.46. The second-order valence-electron chi connectivity index (χ2n) is 5.82. The number of aromatic nitrogens is 4. The van der Waals surface area contributed by atoms with Crippen LogP contribution in [0.2, 0.25) is 0 Å². The van der Waals surface area contributed by atoms with Crippen LogP contribution >= 0.6 is 0 Å². The van der Waals surface area contributed by atoms with Crippen molar-refractivity contribution in [1.29, 1.82) is 0 Å². The highest BCUT2D eigenvalue weighted by Gasteiger charge is 2.24. The number of aromatic amines is 1. The number of rotatable bonds is 3. The summed E-state index contributed by atoms with van der Waals surface area (Å²) >= 11 is 0. The Kier molecular flexibility index (Phi) is 3.44. The molecule has 0 spiro atoms. The molecule has 4 rings (SSSR count). The lowest BCUT2D eigenvalue weighted by Gasteiger charge is -2.36. The third-order valence-electron chi connectivity index (χ3n) is 4.42. The lowest BCUT2D eigenvalue weighted by molar-refractivity contribution is 0.164. The van der Waals surface area contributed by atoms with Gasteiger partial charge in [0.25, 0.3) is 0 Å². The van der Waals surface area contributed by atoms with Gasteiger partial charge in [-0.25, -0.2) is 15.0 Å². The topological polar surface area (TPSA) is 70.2 Å². The predicted octanol–water partition coefficient (Wildman–Crippen LogP) is 0.511. The van der Waals surface area contributed by atoms with Crippen LogP contribution in [0.1, 0.15) is 6.42 Å². The molecule has 2 aliphatic rings. The molecule has 0 saturated carbocycles. The quantitative estimate of drug-likeness (QED) is 0.887. The summed E-state index contributed by atoms with van der Waals surface area (Å²) < 4.78 is 5.46. The van der Waals surface area contributed by atoms with Gasteiger partial charge in [0.1, 0.15) is 11.8 Å². The van der Waals surface area contributed by atoms with Crippen molar-refractivity contribution < 1.29 is 4.74 Å². The van der Waals surface area contributed by atoms with Crippen LogP contribution in [-0.2, 0) is 4.74 Å². The van der Waals surface area contributed by atoms with Crippen LogP contribution in [0.25, 0.3) is 11.2 Å². The second-order valence-corrected chi connectivity index (χ2v) is 5.82. The molecule has 2 saturated heterocycles. The van der Waals surface area contributed by atoms with Crippen molar-refractivity contribution in [2.75, 3.05) is 50.8 Å². The van der Waals surface area contributed by atoms with E-state index in [1.165, 1.54) is 6.42 Å². The third-order valence-corrected chi connectivity index (χ3v) is 4.42. The molecule has 0 aromatic carbocycles. The molecule has 112 valence electrons. The van der Waals surface area contributed by atoms with Gasteiger partial charge >= 0.3 is 0 Å². The number of fused-ring (bicyclic) bond motifs is 1. The van der Waals surface area contributed by atoms with Crippen LogP contribution in [0, 0.1) is 5.92 Å². The van der Waals surface area contributed by atoms with Gasteiger partial charge in [0.15, 0.2) is 11.5 Å². The summed E-state index contributed by atoms with van der Waals surface area (Å²) in [6.45, 7) is 7.19. The predicted molar refractivity (Wildman–Crippen MR) is 79.3 cm³/mol. The first kappa shape index (κ1) is 13.0. The Morgan fingerprint density at radius 1 is 1.19 bits per heavy atom. The van der Waals surface area contributed by atoms with E-state index < -0.39 is 0 Å². The Labute approximate surface area is 123 Å². The van der Waals surface area contributed by atoms with Crippen molar-refractivity contribution in [3.8, 4) is 0 Å². The van der Waals surface area contributed by atoms with E-state index in [1.54, 1.807) is 12.7 Å². The summed E-state index contributed by atoms with van der Waals surface area (Å²) in [4.78, 5) is 20.8.